The molecule has 2 unspecified atom stereocenters. The third-order valence-electron chi connectivity index (χ3n) is 4.40. The predicted molar refractivity (Wildman–Crippen MR) is 78.0 cm³/mol. The summed E-state index contributed by atoms with van der Waals surface area (Å²) in [7, 11) is 0. The average Bonchev–Trinajstić information content (AvgIpc) is 2.91. The number of carbonyl (C=O) groups excluding carboxylic acids is 1. The third kappa shape index (κ3) is 3.07. The van der Waals surface area contributed by atoms with Gasteiger partial charge in [0.2, 0.25) is 0 Å². The Balaban J connectivity index is 2.30. The lowest BCUT2D eigenvalue weighted by Crippen LogP contribution is -2.44. The van der Waals surface area contributed by atoms with Crippen LogP contribution in [0.1, 0.15) is 42.1 Å². The molecule has 0 bridgehead atoms. The molecular formula is C16H22F2N2O. The largest absolute Gasteiger partial charge is 0.336 e. The van der Waals surface area contributed by atoms with E-state index in [0.717, 1.165) is 25.3 Å². The van der Waals surface area contributed by atoms with Gasteiger partial charge in [0.05, 0.1) is 5.56 Å². The summed E-state index contributed by atoms with van der Waals surface area (Å²) >= 11 is 0. The van der Waals surface area contributed by atoms with E-state index in [-0.39, 0.29) is 29.0 Å². The summed E-state index contributed by atoms with van der Waals surface area (Å²) in [6, 6.07) is 2.13. The van der Waals surface area contributed by atoms with Crippen molar-refractivity contribution in [3.63, 3.8) is 0 Å². The van der Waals surface area contributed by atoms with E-state index in [0.29, 0.717) is 13.1 Å². The van der Waals surface area contributed by atoms with E-state index in [1.807, 2.05) is 6.92 Å². The molecule has 1 aromatic carbocycles. The summed E-state index contributed by atoms with van der Waals surface area (Å²) in [6.45, 7) is 4.42. The zero-order chi connectivity index (χ0) is 15.6. The van der Waals surface area contributed by atoms with Crippen molar-refractivity contribution < 1.29 is 13.6 Å². The molecule has 21 heavy (non-hydrogen) atoms. The SMILES string of the molecule is CCN(C(=O)c1cc(C)c(F)cc1F)C1CCCC1CN. The molecule has 0 aromatic heterocycles. The van der Waals surface area contributed by atoms with Gasteiger partial charge in [-0.15, -0.1) is 0 Å². The quantitative estimate of drug-likeness (QED) is 0.928. The van der Waals surface area contributed by atoms with Gasteiger partial charge in [0.1, 0.15) is 11.6 Å². The lowest BCUT2D eigenvalue weighted by atomic mass is 10.0. The Bertz CT molecular complexity index is 533. The Labute approximate surface area is 124 Å². The number of benzene rings is 1. The van der Waals surface area contributed by atoms with E-state index in [2.05, 4.69) is 0 Å². The number of nitrogens with two attached hydrogens (primary N) is 1. The van der Waals surface area contributed by atoms with E-state index < -0.39 is 11.6 Å². The van der Waals surface area contributed by atoms with E-state index in [4.69, 9.17) is 5.73 Å². The fourth-order valence-electron chi connectivity index (χ4n) is 3.21. The molecule has 1 amide bonds. The first-order valence-corrected chi connectivity index (χ1v) is 7.46. The molecule has 2 N–H and O–H groups in total. The van der Waals surface area contributed by atoms with Gasteiger partial charge in [0, 0.05) is 18.7 Å². The van der Waals surface area contributed by atoms with Gasteiger partial charge in [-0.05, 0) is 50.8 Å². The fourth-order valence-corrected chi connectivity index (χ4v) is 3.21. The minimum absolute atomic E-state index is 0.0530. The summed E-state index contributed by atoms with van der Waals surface area (Å²) in [5, 5.41) is 0. The van der Waals surface area contributed by atoms with Gasteiger partial charge in [-0.2, -0.15) is 0 Å². The molecule has 1 fully saturated rings. The molecule has 2 rings (SSSR count). The van der Waals surface area contributed by atoms with Crippen molar-refractivity contribution in [2.45, 2.75) is 39.2 Å². The summed E-state index contributed by atoms with van der Waals surface area (Å²) in [5.74, 6) is -1.54. The lowest BCUT2D eigenvalue weighted by Gasteiger charge is -2.32. The second-order valence-electron chi connectivity index (χ2n) is 5.67. The zero-order valence-electron chi connectivity index (χ0n) is 12.5. The van der Waals surface area contributed by atoms with Crippen LogP contribution in [-0.4, -0.2) is 29.9 Å². The first-order chi connectivity index (χ1) is 9.99. The number of hydrogen-bond acceptors (Lipinski definition) is 2. The number of hydrogen-bond donors (Lipinski definition) is 1. The van der Waals surface area contributed by atoms with Crippen LogP contribution in [0.5, 0.6) is 0 Å². The summed E-state index contributed by atoms with van der Waals surface area (Å²) in [4.78, 5) is 14.3. The number of amides is 1. The summed E-state index contributed by atoms with van der Waals surface area (Å²) in [5.41, 5.74) is 5.99. The highest BCUT2D eigenvalue weighted by molar-refractivity contribution is 5.95. The van der Waals surface area contributed by atoms with E-state index in [1.165, 1.54) is 13.0 Å². The van der Waals surface area contributed by atoms with Gasteiger partial charge in [0.25, 0.3) is 5.91 Å². The Morgan fingerprint density at radius 1 is 1.33 bits per heavy atom. The molecule has 0 aliphatic heterocycles. The van der Waals surface area contributed by atoms with E-state index in [1.54, 1.807) is 4.90 Å². The summed E-state index contributed by atoms with van der Waals surface area (Å²) < 4.78 is 27.3. The van der Waals surface area contributed by atoms with Crippen molar-refractivity contribution >= 4 is 5.91 Å². The van der Waals surface area contributed by atoms with Gasteiger partial charge in [-0.3, -0.25) is 4.79 Å². The number of carbonyl (C=O) groups is 1. The summed E-state index contributed by atoms with van der Waals surface area (Å²) in [6.07, 6.45) is 2.92. The molecule has 3 nitrogen and oxygen atoms in total. The molecule has 0 heterocycles. The molecule has 1 aromatic rings. The molecular weight excluding hydrogens is 274 g/mol. The van der Waals surface area contributed by atoms with Gasteiger partial charge < -0.3 is 10.6 Å². The monoisotopic (exact) mass is 296 g/mol. The third-order valence-corrected chi connectivity index (χ3v) is 4.40. The fraction of sp³-hybridized carbons (Fsp3) is 0.562. The van der Waals surface area contributed by atoms with E-state index >= 15 is 0 Å². The van der Waals surface area contributed by atoms with Crippen LogP contribution in [0.4, 0.5) is 8.78 Å². The minimum atomic E-state index is -0.802. The van der Waals surface area contributed by atoms with Crippen molar-refractivity contribution in [2.75, 3.05) is 13.1 Å². The van der Waals surface area contributed by atoms with Gasteiger partial charge in [0.15, 0.2) is 0 Å². The van der Waals surface area contributed by atoms with Crippen molar-refractivity contribution in [2.24, 2.45) is 11.7 Å². The molecule has 116 valence electrons. The van der Waals surface area contributed by atoms with Crippen LogP contribution in [0, 0.1) is 24.5 Å². The number of rotatable bonds is 4. The maximum atomic E-state index is 13.9. The number of nitrogens with zero attached hydrogens (tertiary/aromatic N) is 1. The van der Waals surface area contributed by atoms with Crippen LogP contribution in [0.2, 0.25) is 0 Å². The molecule has 0 spiro atoms. The molecule has 0 radical (unpaired) electrons. The second-order valence-corrected chi connectivity index (χ2v) is 5.67. The van der Waals surface area contributed by atoms with Crippen LogP contribution >= 0.6 is 0 Å². The molecule has 1 saturated carbocycles. The van der Waals surface area contributed by atoms with Crippen LogP contribution in [0.15, 0.2) is 12.1 Å². The first-order valence-electron chi connectivity index (χ1n) is 7.46. The zero-order valence-corrected chi connectivity index (χ0v) is 12.5. The maximum absolute atomic E-state index is 13.9. The van der Waals surface area contributed by atoms with Crippen molar-refractivity contribution in [1.82, 2.24) is 4.90 Å². The predicted octanol–water partition coefficient (Wildman–Crippen LogP) is 2.86. The van der Waals surface area contributed by atoms with Crippen molar-refractivity contribution in [3.8, 4) is 0 Å². The minimum Gasteiger partial charge on any atom is -0.336 e. The Hall–Kier alpha value is -1.49. The lowest BCUT2D eigenvalue weighted by molar-refractivity contribution is 0.0647. The molecule has 1 aliphatic rings. The highest BCUT2D eigenvalue weighted by Crippen LogP contribution is 2.30. The highest BCUT2D eigenvalue weighted by atomic mass is 19.1. The maximum Gasteiger partial charge on any atom is 0.257 e. The Kier molecular flexibility index (Phi) is 4.93. The topological polar surface area (TPSA) is 46.3 Å². The standard InChI is InChI=1S/C16H22F2N2O/c1-3-20(15-6-4-5-11(15)9-19)16(21)12-7-10(2)13(17)8-14(12)18/h7-8,11,15H,3-6,9,19H2,1-2H3. The number of halogens is 2. The van der Waals surface area contributed by atoms with E-state index in [9.17, 15) is 13.6 Å². The smallest absolute Gasteiger partial charge is 0.257 e. The molecule has 2 atom stereocenters. The Morgan fingerprint density at radius 2 is 2.05 bits per heavy atom. The molecule has 0 saturated heterocycles. The second kappa shape index (κ2) is 6.52. The number of aryl methyl sites for hydroxylation is 1. The van der Waals surface area contributed by atoms with Crippen molar-refractivity contribution in [1.29, 1.82) is 0 Å². The highest BCUT2D eigenvalue weighted by Gasteiger charge is 2.34. The van der Waals surface area contributed by atoms with Crippen LogP contribution in [-0.2, 0) is 0 Å². The molecule has 1 aliphatic carbocycles. The van der Waals surface area contributed by atoms with Crippen molar-refractivity contribution in [3.05, 3.63) is 34.9 Å². The van der Waals surface area contributed by atoms with Crippen LogP contribution in [0.3, 0.4) is 0 Å². The van der Waals surface area contributed by atoms with Gasteiger partial charge in [-0.25, -0.2) is 8.78 Å². The first kappa shape index (κ1) is 15.9. The van der Waals surface area contributed by atoms with Gasteiger partial charge in [-0.1, -0.05) is 6.42 Å². The van der Waals surface area contributed by atoms with Crippen LogP contribution < -0.4 is 5.73 Å². The molecule has 5 heteroatoms. The average molecular weight is 296 g/mol. The normalized spacial score (nSPS) is 21.6. The Morgan fingerprint density at radius 3 is 2.67 bits per heavy atom. The van der Waals surface area contributed by atoms with Gasteiger partial charge >= 0.3 is 0 Å². The van der Waals surface area contributed by atoms with Crippen LogP contribution in [0.25, 0.3) is 0 Å².